The molecule has 0 spiro atoms. The quantitative estimate of drug-likeness (QED) is 0.597. The first-order chi connectivity index (χ1) is 12.8. The van der Waals surface area contributed by atoms with Gasteiger partial charge in [-0.3, -0.25) is 10.1 Å². The Labute approximate surface area is 151 Å². The topological polar surface area (TPSA) is 64.7 Å². The number of nitrogens with zero attached hydrogens (tertiary/aromatic N) is 4. The molecule has 1 N–H and O–H groups in total. The third-order valence-corrected chi connectivity index (χ3v) is 4.26. The second-order valence-electron chi connectivity index (χ2n) is 6.05. The van der Waals surface area contributed by atoms with Crippen molar-refractivity contribution >= 4 is 22.9 Å². The third kappa shape index (κ3) is 2.97. The fraction of sp³-hybridized carbons (Fsp3) is 0.150. The average molecular weight is 345 g/mol. The van der Waals surface area contributed by atoms with Crippen molar-refractivity contribution in [1.29, 1.82) is 0 Å². The monoisotopic (exact) mass is 345 g/mol. The predicted molar refractivity (Wildman–Crippen MR) is 102 cm³/mol. The first-order valence-corrected chi connectivity index (χ1v) is 8.61. The van der Waals surface area contributed by atoms with Gasteiger partial charge in [-0.2, -0.15) is 0 Å². The Bertz CT molecular complexity index is 1030. The molecule has 130 valence electrons. The molecule has 26 heavy (non-hydrogen) atoms. The number of aryl methyl sites for hydroxylation is 1. The smallest absolute Gasteiger partial charge is 0.257 e. The number of imidazole rings is 2. The second-order valence-corrected chi connectivity index (χ2v) is 6.05. The summed E-state index contributed by atoms with van der Waals surface area (Å²) in [6.07, 6.45) is 6.27. The van der Waals surface area contributed by atoms with Gasteiger partial charge in [0.1, 0.15) is 0 Å². The van der Waals surface area contributed by atoms with Gasteiger partial charge in [-0.15, -0.1) is 0 Å². The summed E-state index contributed by atoms with van der Waals surface area (Å²) in [4.78, 5) is 21.3. The van der Waals surface area contributed by atoms with Crippen molar-refractivity contribution in [3.8, 4) is 5.69 Å². The fourth-order valence-electron chi connectivity index (χ4n) is 2.99. The molecule has 6 nitrogen and oxygen atoms in total. The first-order valence-electron chi connectivity index (χ1n) is 8.61. The molecule has 0 radical (unpaired) electrons. The lowest BCUT2D eigenvalue weighted by Gasteiger charge is -2.09. The van der Waals surface area contributed by atoms with Crippen molar-refractivity contribution < 1.29 is 4.79 Å². The number of amides is 1. The highest BCUT2D eigenvalue weighted by atomic mass is 16.1. The number of carbonyl (C=O) groups excluding carboxylic acids is 1. The Kier molecular flexibility index (Phi) is 4.23. The molecular weight excluding hydrogens is 326 g/mol. The fourth-order valence-corrected chi connectivity index (χ4v) is 2.99. The van der Waals surface area contributed by atoms with Gasteiger partial charge >= 0.3 is 0 Å². The molecule has 2 heterocycles. The molecule has 6 heteroatoms. The molecule has 4 aromatic rings. The van der Waals surface area contributed by atoms with E-state index in [1.165, 1.54) is 0 Å². The van der Waals surface area contributed by atoms with Crippen molar-refractivity contribution in [3.05, 3.63) is 72.8 Å². The second kappa shape index (κ2) is 6.84. The van der Waals surface area contributed by atoms with E-state index in [-0.39, 0.29) is 5.91 Å². The highest BCUT2D eigenvalue weighted by Gasteiger charge is 2.14. The van der Waals surface area contributed by atoms with E-state index < -0.39 is 0 Å². The first kappa shape index (κ1) is 16.1. The van der Waals surface area contributed by atoms with Gasteiger partial charge in [-0.05, 0) is 42.8 Å². The lowest BCUT2D eigenvalue weighted by atomic mass is 10.2. The lowest BCUT2D eigenvalue weighted by Crippen LogP contribution is -2.16. The number of hydrogen-bond acceptors (Lipinski definition) is 3. The molecule has 0 fully saturated rings. The minimum atomic E-state index is -0.171. The minimum absolute atomic E-state index is 0.171. The number of anilines is 1. The summed E-state index contributed by atoms with van der Waals surface area (Å²) in [6, 6.07) is 15.3. The number of aromatic nitrogens is 4. The van der Waals surface area contributed by atoms with Crippen LogP contribution in [0.1, 0.15) is 23.7 Å². The lowest BCUT2D eigenvalue weighted by molar-refractivity contribution is 0.102. The van der Waals surface area contributed by atoms with Crippen LogP contribution in [0.3, 0.4) is 0 Å². The van der Waals surface area contributed by atoms with Crippen LogP contribution in [0, 0.1) is 0 Å². The normalized spacial score (nSPS) is 11.0. The molecular formula is C20H19N5O. The minimum Gasteiger partial charge on any atom is -0.310 e. The number of para-hydroxylation sites is 2. The molecule has 0 aliphatic heterocycles. The van der Waals surface area contributed by atoms with Crippen LogP contribution in [0.2, 0.25) is 0 Å². The SMILES string of the molecule is CCCn1c(NC(=O)c2ccc(-n3ccnc3)cc2)nc2ccccc21. The summed E-state index contributed by atoms with van der Waals surface area (Å²) < 4.78 is 3.94. The molecule has 0 saturated carbocycles. The van der Waals surface area contributed by atoms with Gasteiger partial charge < -0.3 is 9.13 Å². The van der Waals surface area contributed by atoms with Crippen LogP contribution in [-0.2, 0) is 6.54 Å². The number of carbonyl (C=O) groups is 1. The maximum atomic E-state index is 12.7. The molecule has 0 aliphatic rings. The van der Waals surface area contributed by atoms with E-state index in [1.807, 2.05) is 51.7 Å². The van der Waals surface area contributed by atoms with E-state index in [2.05, 4.69) is 22.2 Å². The molecule has 4 rings (SSSR count). The molecule has 2 aromatic carbocycles. The molecule has 0 saturated heterocycles. The standard InChI is InChI=1S/C20H19N5O/c1-2-12-25-18-6-4-3-5-17(18)22-20(25)23-19(26)15-7-9-16(10-8-15)24-13-11-21-14-24/h3-11,13-14H,2,12H2,1H3,(H,22,23,26). The zero-order valence-corrected chi connectivity index (χ0v) is 14.5. The van der Waals surface area contributed by atoms with Crippen molar-refractivity contribution in [2.75, 3.05) is 5.32 Å². The van der Waals surface area contributed by atoms with Gasteiger partial charge in [0.2, 0.25) is 5.95 Å². The Hall–Kier alpha value is -3.41. The van der Waals surface area contributed by atoms with Gasteiger partial charge in [-0.25, -0.2) is 9.97 Å². The van der Waals surface area contributed by atoms with E-state index in [0.717, 1.165) is 29.7 Å². The van der Waals surface area contributed by atoms with E-state index in [0.29, 0.717) is 11.5 Å². The molecule has 1 amide bonds. The van der Waals surface area contributed by atoms with Gasteiger partial charge in [0, 0.05) is 30.2 Å². The van der Waals surface area contributed by atoms with Crippen LogP contribution in [0.4, 0.5) is 5.95 Å². The van der Waals surface area contributed by atoms with Crippen LogP contribution < -0.4 is 5.32 Å². The number of rotatable bonds is 5. The van der Waals surface area contributed by atoms with Crippen LogP contribution in [-0.4, -0.2) is 25.0 Å². The molecule has 0 unspecified atom stereocenters. The highest BCUT2D eigenvalue weighted by molar-refractivity contribution is 6.04. The maximum absolute atomic E-state index is 12.7. The number of benzene rings is 2. The van der Waals surface area contributed by atoms with Crippen molar-refractivity contribution in [3.63, 3.8) is 0 Å². The van der Waals surface area contributed by atoms with Crippen molar-refractivity contribution in [2.24, 2.45) is 0 Å². The number of hydrogen-bond donors (Lipinski definition) is 1. The summed E-state index contributed by atoms with van der Waals surface area (Å²) >= 11 is 0. The summed E-state index contributed by atoms with van der Waals surface area (Å²) in [5, 5.41) is 2.95. The zero-order valence-electron chi connectivity index (χ0n) is 14.5. The van der Waals surface area contributed by atoms with Crippen molar-refractivity contribution in [2.45, 2.75) is 19.9 Å². The van der Waals surface area contributed by atoms with Crippen LogP contribution in [0.25, 0.3) is 16.7 Å². The third-order valence-electron chi connectivity index (χ3n) is 4.26. The van der Waals surface area contributed by atoms with E-state index in [4.69, 9.17) is 0 Å². The van der Waals surface area contributed by atoms with Gasteiger partial charge in [0.05, 0.1) is 17.4 Å². The summed E-state index contributed by atoms with van der Waals surface area (Å²) in [5.74, 6) is 0.409. The Morgan fingerprint density at radius 3 is 2.65 bits per heavy atom. The Morgan fingerprint density at radius 2 is 1.92 bits per heavy atom. The van der Waals surface area contributed by atoms with Gasteiger partial charge in [0.25, 0.3) is 5.91 Å². The van der Waals surface area contributed by atoms with E-state index >= 15 is 0 Å². The average Bonchev–Trinajstić information content (AvgIpc) is 3.31. The molecule has 2 aromatic heterocycles. The Balaban J connectivity index is 1.60. The van der Waals surface area contributed by atoms with Gasteiger partial charge in [-0.1, -0.05) is 19.1 Å². The summed E-state index contributed by atoms with van der Waals surface area (Å²) in [5.41, 5.74) is 3.45. The zero-order chi connectivity index (χ0) is 17.9. The van der Waals surface area contributed by atoms with E-state index in [1.54, 1.807) is 24.7 Å². The van der Waals surface area contributed by atoms with Crippen LogP contribution in [0.5, 0.6) is 0 Å². The molecule has 0 aliphatic carbocycles. The summed E-state index contributed by atoms with van der Waals surface area (Å²) in [7, 11) is 0. The predicted octanol–water partition coefficient (Wildman–Crippen LogP) is 3.88. The number of fused-ring (bicyclic) bond motifs is 1. The summed E-state index contributed by atoms with van der Waals surface area (Å²) in [6.45, 7) is 2.91. The van der Waals surface area contributed by atoms with Crippen molar-refractivity contribution in [1.82, 2.24) is 19.1 Å². The maximum Gasteiger partial charge on any atom is 0.257 e. The largest absolute Gasteiger partial charge is 0.310 e. The highest BCUT2D eigenvalue weighted by Crippen LogP contribution is 2.21. The van der Waals surface area contributed by atoms with Gasteiger partial charge in [0.15, 0.2) is 0 Å². The molecule has 0 bridgehead atoms. The Morgan fingerprint density at radius 1 is 1.12 bits per heavy atom. The molecule has 0 atom stereocenters. The number of nitrogens with one attached hydrogen (secondary N) is 1. The van der Waals surface area contributed by atoms with Crippen LogP contribution >= 0.6 is 0 Å². The van der Waals surface area contributed by atoms with E-state index in [9.17, 15) is 4.79 Å². The van der Waals surface area contributed by atoms with Crippen LogP contribution in [0.15, 0.2) is 67.3 Å².